The van der Waals surface area contributed by atoms with Gasteiger partial charge in [0.25, 0.3) is 0 Å². The number of fused-ring (bicyclic) bond motifs is 2. The molecule has 0 unspecified atom stereocenters. The lowest BCUT2D eigenvalue weighted by atomic mass is 10.0. The number of rotatable bonds is 4. The van der Waals surface area contributed by atoms with E-state index in [2.05, 4.69) is 25.2 Å². The van der Waals surface area contributed by atoms with Crippen LogP contribution in [0.3, 0.4) is 0 Å². The summed E-state index contributed by atoms with van der Waals surface area (Å²) in [6, 6.07) is 11.7. The van der Waals surface area contributed by atoms with Crippen LogP contribution in [0.15, 0.2) is 61.3 Å². The molecule has 1 N–H and O–H groups in total. The smallest absolute Gasteiger partial charge is 0.322 e. The molecule has 0 saturated carbocycles. The zero-order valence-corrected chi connectivity index (χ0v) is 19.4. The minimum atomic E-state index is -0.113. The van der Waals surface area contributed by atoms with Crippen molar-refractivity contribution >= 4 is 34.2 Å². The largest absolute Gasteiger partial charge is 0.356 e. The molecule has 2 aliphatic heterocycles. The Balaban J connectivity index is 1.17. The fourth-order valence-electron chi connectivity index (χ4n) is 5.12. The number of anilines is 2. The van der Waals surface area contributed by atoms with Crippen molar-refractivity contribution in [3.8, 4) is 0 Å². The zero-order valence-electron chi connectivity index (χ0n) is 19.4. The highest BCUT2D eigenvalue weighted by atomic mass is 16.2. The van der Waals surface area contributed by atoms with Crippen molar-refractivity contribution < 1.29 is 9.59 Å². The summed E-state index contributed by atoms with van der Waals surface area (Å²) >= 11 is 0. The molecular formula is C26H25N7O2. The molecule has 1 fully saturated rings. The molecule has 0 bridgehead atoms. The number of aromatic nitrogens is 4. The van der Waals surface area contributed by atoms with E-state index in [-0.39, 0.29) is 17.9 Å². The molecule has 176 valence electrons. The summed E-state index contributed by atoms with van der Waals surface area (Å²) < 4.78 is 1.96. The molecule has 0 spiro atoms. The summed E-state index contributed by atoms with van der Waals surface area (Å²) in [5, 5.41) is 3.87. The zero-order chi connectivity index (χ0) is 23.9. The molecule has 0 atom stereocenters. The van der Waals surface area contributed by atoms with Crippen LogP contribution in [0.25, 0.3) is 10.9 Å². The summed E-state index contributed by atoms with van der Waals surface area (Å²) in [6.07, 6.45) is 8.42. The number of ketones is 1. The Bertz CT molecular complexity index is 1440. The Kier molecular flexibility index (Phi) is 5.17. The second kappa shape index (κ2) is 8.50. The molecule has 6 rings (SSSR count). The predicted octanol–water partition coefficient (Wildman–Crippen LogP) is 3.61. The van der Waals surface area contributed by atoms with Crippen molar-refractivity contribution in [2.45, 2.75) is 25.4 Å². The lowest BCUT2D eigenvalue weighted by molar-refractivity contribution is 0.103. The topological polar surface area (TPSA) is 96.2 Å². The van der Waals surface area contributed by atoms with Gasteiger partial charge >= 0.3 is 6.03 Å². The van der Waals surface area contributed by atoms with Crippen LogP contribution in [0.4, 0.5) is 16.3 Å². The fourth-order valence-corrected chi connectivity index (χ4v) is 5.12. The lowest BCUT2D eigenvalue weighted by Crippen LogP contribution is -2.50. The van der Waals surface area contributed by atoms with Gasteiger partial charge in [0.1, 0.15) is 17.8 Å². The Morgan fingerprint density at radius 1 is 1.11 bits per heavy atom. The summed E-state index contributed by atoms with van der Waals surface area (Å²) in [5.41, 5.74) is 3.89. The van der Waals surface area contributed by atoms with Crippen LogP contribution in [-0.4, -0.2) is 55.4 Å². The van der Waals surface area contributed by atoms with Gasteiger partial charge in [0.2, 0.25) is 5.78 Å². The van der Waals surface area contributed by atoms with Crippen LogP contribution in [0.2, 0.25) is 0 Å². The van der Waals surface area contributed by atoms with Crippen LogP contribution < -0.4 is 10.2 Å². The van der Waals surface area contributed by atoms with Crippen LogP contribution >= 0.6 is 0 Å². The first-order valence-corrected chi connectivity index (χ1v) is 11.7. The number of hydrogen-bond donors (Lipinski definition) is 1. The average molecular weight is 468 g/mol. The van der Waals surface area contributed by atoms with Gasteiger partial charge in [-0.2, -0.15) is 0 Å². The van der Waals surface area contributed by atoms with E-state index in [1.807, 2.05) is 53.0 Å². The van der Waals surface area contributed by atoms with E-state index in [1.54, 1.807) is 18.5 Å². The molecule has 35 heavy (non-hydrogen) atoms. The van der Waals surface area contributed by atoms with Gasteiger partial charge in [0, 0.05) is 67.7 Å². The van der Waals surface area contributed by atoms with E-state index in [9.17, 15) is 9.59 Å². The number of carbonyl (C=O) groups excluding carboxylic acids is 2. The molecule has 1 saturated heterocycles. The van der Waals surface area contributed by atoms with E-state index in [4.69, 9.17) is 0 Å². The van der Waals surface area contributed by atoms with Gasteiger partial charge in [-0.1, -0.05) is 18.2 Å². The number of pyridine rings is 1. The lowest BCUT2D eigenvalue weighted by Gasteiger charge is -2.40. The Hall–Kier alpha value is -4.27. The van der Waals surface area contributed by atoms with Crippen LogP contribution in [0.5, 0.6) is 0 Å². The minimum absolute atomic E-state index is 0.0750. The van der Waals surface area contributed by atoms with Crippen LogP contribution in [0, 0.1) is 0 Å². The molecule has 2 amide bonds. The number of urea groups is 1. The number of nitrogens with zero attached hydrogens (tertiary/aromatic N) is 6. The summed E-state index contributed by atoms with van der Waals surface area (Å²) in [6.45, 7) is 2.08. The number of aryl methyl sites for hydroxylation is 1. The van der Waals surface area contributed by atoms with E-state index in [1.165, 1.54) is 6.33 Å². The average Bonchev–Trinajstić information content (AvgIpc) is 3.24. The molecule has 0 radical (unpaired) electrons. The molecule has 0 aliphatic carbocycles. The third-order valence-corrected chi connectivity index (χ3v) is 7.01. The highest BCUT2D eigenvalue weighted by molar-refractivity contribution is 6.15. The van der Waals surface area contributed by atoms with E-state index < -0.39 is 0 Å². The monoisotopic (exact) mass is 467 g/mol. The second-order valence-corrected chi connectivity index (χ2v) is 9.07. The molecule has 5 heterocycles. The van der Waals surface area contributed by atoms with Crippen LogP contribution in [0.1, 0.15) is 34.5 Å². The number of piperidine rings is 1. The maximum Gasteiger partial charge on any atom is 0.322 e. The van der Waals surface area contributed by atoms with E-state index in [0.29, 0.717) is 17.8 Å². The van der Waals surface area contributed by atoms with Crippen molar-refractivity contribution in [1.82, 2.24) is 24.4 Å². The maximum atomic E-state index is 13.3. The summed E-state index contributed by atoms with van der Waals surface area (Å²) in [5.74, 6) is 0.625. The van der Waals surface area contributed by atoms with Gasteiger partial charge in [0.05, 0.1) is 11.9 Å². The molecule has 1 aromatic carbocycles. The van der Waals surface area contributed by atoms with Crippen molar-refractivity contribution in [2.24, 2.45) is 7.05 Å². The SMILES string of the molecule is Cn1cc(C(=O)c2cc(N3CCC(N4Cc5ccncc5NC4=O)CC3)ncn2)c2ccccc21. The van der Waals surface area contributed by atoms with Crippen molar-refractivity contribution in [1.29, 1.82) is 0 Å². The summed E-state index contributed by atoms with van der Waals surface area (Å²) in [7, 11) is 1.94. The second-order valence-electron chi connectivity index (χ2n) is 9.07. The number of benzene rings is 1. The number of hydrogen-bond acceptors (Lipinski definition) is 6. The number of para-hydroxylation sites is 1. The van der Waals surface area contributed by atoms with Gasteiger partial charge in [-0.15, -0.1) is 0 Å². The quantitative estimate of drug-likeness (QED) is 0.461. The number of nitrogens with one attached hydrogen (secondary N) is 1. The molecule has 2 aliphatic rings. The molecule has 9 heteroatoms. The molecule has 4 aromatic rings. The predicted molar refractivity (Wildman–Crippen MR) is 132 cm³/mol. The molecular weight excluding hydrogens is 442 g/mol. The third-order valence-electron chi connectivity index (χ3n) is 7.01. The van der Waals surface area contributed by atoms with Crippen molar-refractivity contribution in [3.63, 3.8) is 0 Å². The maximum absolute atomic E-state index is 13.3. The molecule has 9 nitrogen and oxygen atoms in total. The normalized spacial score (nSPS) is 16.3. The third kappa shape index (κ3) is 3.78. The van der Waals surface area contributed by atoms with Gasteiger partial charge in [0.15, 0.2) is 0 Å². The highest BCUT2D eigenvalue weighted by Crippen LogP contribution is 2.29. The molecule has 3 aromatic heterocycles. The first-order valence-electron chi connectivity index (χ1n) is 11.7. The van der Waals surface area contributed by atoms with Gasteiger partial charge in [-0.05, 0) is 30.5 Å². The van der Waals surface area contributed by atoms with Gasteiger partial charge < -0.3 is 19.7 Å². The Labute approximate surface area is 202 Å². The van der Waals surface area contributed by atoms with E-state index in [0.717, 1.165) is 53.9 Å². The first kappa shape index (κ1) is 21.3. The number of carbonyl (C=O) groups is 2. The fraction of sp³-hybridized carbons (Fsp3) is 0.269. The van der Waals surface area contributed by atoms with Crippen molar-refractivity contribution in [3.05, 3.63) is 78.1 Å². The van der Waals surface area contributed by atoms with E-state index >= 15 is 0 Å². The Morgan fingerprint density at radius 3 is 2.80 bits per heavy atom. The van der Waals surface area contributed by atoms with Gasteiger partial charge in [-0.3, -0.25) is 9.78 Å². The Morgan fingerprint density at radius 2 is 1.94 bits per heavy atom. The highest BCUT2D eigenvalue weighted by Gasteiger charge is 2.32. The standard InChI is InChI=1S/C26H25N7O2/c1-31-15-20(19-4-2-3-5-23(19)31)25(34)21-12-24(29-16-28-21)32-10-7-18(8-11-32)33-14-17-6-9-27-13-22(17)30-26(33)35/h2-6,9,12-13,15-16,18H,7-8,10-11,14H2,1H3,(H,30,35). The van der Waals surface area contributed by atoms with Crippen LogP contribution in [-0.2, 0) is 13.6 Å². The van der Waals surface area contributed by atoms with Gasteiger partial charge in [-0.25, -0.2) is 14.8 Å². The summed E-state index contributed by atoms with van der Waals surface area (Å²) in [4.78, 5) is 42.9. The van der Waals surface area contributed by atoms with Crippen molar-refractivity contribution in [2.75, 3.05) is 23.3 Å². The first-order chi connectivity index (χ1) is 17.1. The minimum Gasteiger partial charge on any atom is -0.356 e. The number of amides is 2.